The van der Waals surface area contributed by atoms with Crippen molar-refractivity contribution < 1.29 is 22.9 Å². The van der Waals surface area contributed by atoms with Crippen LogP contribution in [-0.4, -0.2) is 26.9 Å². The number of nitrogens with zero attached hydrogens (tertiary/aromatic N) is 3. The zero-order valence-corrected chi connectivity index (χ0v) is 19.1. The molecule has 2 aromatic carbocycles. The van der Waals surface area contributed by atoms with Crippen LogP contribution < -0.4 is 10.9 Å². The van der Waals surface area contributed by atoms with Crippen molar-refractivity contribution >= 4 is 22.7 Å². The normalized spacial score (nSPS) is 10.9. The Morgan fingerprint density at radius 1 is 1.00 bits per heavy atom. The Morgan fingerprint density at radius 3 is 2.67 bits per heavy atom. The number of amides is 2. The number of hydrazine groups is 1. The highest BCUT2D eigenvalue weighted by molar-refractivity contribution is 6.07. The maximum Gasteiger partial charge on any atom is 0.270 e. The largest absolute Gasteiger partial charge is 0.463 e. The summed E-state index contributed by atoms with van der Waals surface area (Å²) >= 11 is 0. The van der Waals surface area contributed by atoms with Crippen LogP contribution in [0, 0.1) is 12.7 Å². The standard InChI is InChI=1S/C26H20FN5O4/c1-15-13-16(8-9-19(15)27)25-29-24(36-32-25)11-10-23(33)30-31-26(34)18-14-21(22-7-4-12-35-22)28-20-6-3-2-5-17(18)20/h2-9,12-14H,10-11H2,1H3,(H,30,33)(H,31,34). The Labute approximate surface area is 204 Å². The van der Waals surface area contributed by atoms with E-state index in [1.807, 2.05) is 6.07 Å². The molecule has 0 saturated heterocycles. The number of hydrogen-bond acceptors (Lipinski definition) is 7. The van der Waals surface area contributed by atoms with Gasteiger partial charge in [0.05, 0.1) is 17.3 Å². The molecule has 0 spiro atoms. The minimum Gasteiger partial charge on any atom is -0.463 e. The zero-order chi connectivity index (χ0) is 25.1. The van der Waals surface area contributed by atoms with Crippen molar-refractivity contribution in [3.8, 4) is 22.8 Å². The van der Waals surface area contributed by atoms with Crippen molar-refractivity contribution in [2.24, 2.45) is 0 Å². The highest BCUT2D eigenvalue weighted by Crippen LogP contribution is 2.25. The molecule has 0 unspecified atom stereocenters. The van der Waals surface area contributed by atoms with Crippen LogP contribution in [0.2, 0.25) is 0 Å². The lowest BCUT2D eigenvalue weighted by atomic mass is 10.1. The number of pyridine rings is 1. The molecule has 180 valence electrons. The second-order valence-electron chi connectivity index (χ2n) is 8.03. The van der Waals surface area contributed by atoms with Crippen molar-refractivity contribution in [1.29, 1.82) is 0 Å². The van der Waals surface area contributed by atoms with Crippen LogP contribution in [0.15, 0.2) is 75.9 Å². The van der Waals surface area contributed by atoms with Gasteiger partial charge in [-0.15, -0.1) is 0 Å². The number of hydrogen-bond donors (Lipinski definition) is 2. The molecule has 0 radical (unpaired) electrons. The molecule has 5 rings (SSSR count). The Morgan fingerprint density at radius 2 is 1.86 bits per heavy atom. The first-order chi connectivity index (χ1) is 17.5. The molecule has 9 nitrogen and oxygen atoms in total. The molecule has 0 bridgehead atoms. The monoisotopic (exact) mass is 485 g/mol. The molecule has 0 atom stereocenters. The van der Waals surface area contributed by atoms with Crippen LogP contribution in [0.4, 0.5) is 4.39 Å². The number of nitrogens with one attached hydrogen (secondary N) is 2. The average Bonchev–Trinajstić information content (AvgIpc) is 3.60. The number of carbonyl (C=O) groups excluding carboxylic acids is 2. The smallest absolute Gasteiger partial charge is 0.270 e. The lowest BCUT2D eigenvalue weighted by Crippen LogP contribution is -2.41. The Hall–Kier alpha value is -4.86. The predicted molar refractivity (Wildman–Crippen MR) is 128 cm³/mol. The fourth-order valence-corrected chi connectivity index (χ4v) is 3.65. The molecule has 0 fully saturated rings. The first-order valence-electron chi connectivity index (χ1n) is 11.1. The van der Waals surface area contributed by atoms with Gasteiger partial charge >= 0.3 is 0 Å². The van der Waals surface area contributed by atoms with E-state index >= 15 is 0 Å². The van der Waals surface area contributed by atoms with Crippen LogP contribution in [0.3, 0.4) is 0 Å². The van der Waals surface area contributed by atoms with Gasteiger partial charge in [0.2, 0.25) is 17.6 Å². The summed E-state index contributed by atoms with van der Waals surface area (Å²) in [4.78, 5) is 34.1. The van der Waals surface area contributed by atoms with Crippen LogP contribution in [0.25, 0.3) is 33.7 Å². The van der Waals surface area contributed by atoms with E-state index in [1.54, 1.807) is 55.5 Å². The molecular formula is C26H20FN5O4. The summed E-state index contributed by atoms with van der Waals surface area (Å²) < 4.78 is 24.1. The summed E-state index contributed by atoms with van der Waals surface area (Å²) in [5.41, 5.74) is 7.38. The van der Waals surface area contributed by atoms with E-state index in [1.165, 1.54) is 12.3 Å². The maximum absolute atomic E-state index is 13.5. The van der Waals surface area contributed by atoms with E-state index in [4.69, 9.17) is 8.94 Å². The first kappa shape index (κ1) is 22.9. The van der Waals surface area contributed by atoms with Gasteiger partial charge in [-0.2, -0.15) is 4.98 Å². The summed E-state index contributed by atoms with van der Waals surface area (Å²) in [6, 6.07) is 16.8. The molecule has 2 amide bonds. The number of halogens is 1. The van der Waals surface area contributed by atoms with Gasteiger partial charge in [0.15, 0.2) is 5.76 Å². The van der Waals surface area contributed by atoms with Gasteiger partial charge in [-0.1, -0.05) is 23.4 Å². The third-order valence-corrected chi connectivity index (χ3v) is 5.50. The third kappa shape index (κ3) is 4.83. The van der Waals surface area contributed by atoms with Gasteiger partial charge in [0.25, 0.3) is 5.91 Å². The van der Waals surface area contributed by atoms with Crippen molar-refractivity contribution in [3.05, 3.63) is 89.8 Å². The summed E-state index contributed by atoms with van der Waals surface area (Å²) in [5.74, 6) is -0.186. The number of aromatic nitrogens is 3. The van der Waals surface area contributed by atoms with Crippen molar-refractivity contribution in [2.45, 2.75) is 19.8 Å². The number of carbonyl (C=O) groups is 2. The molecule has 0 aliphatic heterocycles. The topological polar surface area (TPSA) is 123 Å². The van der Waals surface area contributed by atoms with Gasteiger partial charge in [-0.05, 0) is 55.0 Å². The Balaban J connectivity index is 1.22. The van der Waals surface area contributed by atoms with Crippen molar-refractivity contribution in [2.75, 3.05) is 0 Å². The van der Waals surface area contributed by atoms with Gasteiger partial charge in [0, 0.05) is 23.8 Å². The number of furan rings is 1. The number of fused-ring (bicyclic) bond motifs is 1. The molecule has 5 aromatic rings. The predicted octanol–water partition coefficient (Wildman–Crippen LogP) is 4.39. The summed E-state index contributed by atoms with van der Waals surface area (Å²) in [7, 11) is 0. The molecule has 10 heteroatoms. The van der Waals surface area contributed by atoms with E-state index < -0.39 is 11.8 Å². The van der Waals surface area contributed by atoms with Gasteiger partial charge in [-0.3, -0.25) is 20.4 Å². The second-order valence-corrected chi connectivity index (χ2v) is 8.03. The number of rotatable bonds is 6. The third-order valence-electron chi connectivity index (χ3n) is 5.50. The summed E-state index contributed by atoms with van der Waals surface area (Å²) in [5, 5.41) is 4.52. The van der Waals surface area contributed by atoms with Gasteiger partial charge in [0.1, 0.15) is 11.5 Å². The molecule has 3 aromatic heterocycles. The lowest BCUT2D eigenvalue weighted by Gasteiger charge is -2.10. The first-order valence-corrected chi connectivity index (χ1v) is 11.1. The van der Waals surface area contributed by atoms with E-state index in [-0.39, 0.29) is 24.5 Å². The van der Waals surface area contributed by atoms with Crippen LogP contribution in [0.1, 0.15) is 28.2 Å². The quantitative estimate of drug-likeness (QED) is 0.342. The minimum absolute atomic E-state index is 0.000896. The lowest BCUT2D eigenvalue weighted by molar-refractivity contribution is -0.121. The molecule has 0 aliphatic carbocycles. The van der Waals surface area contributed by atoms with Gasteiger partial charge in [-0.25, -0.2) is 9.37 Å². The van der Waals surface area contributed by atoms with E-state index in [0.717, 1.165) is 0 Å². The fraction of sp³-hybridized carbons (Fsp3) is 0.115. The molecule has 36 heavy (non-hydrogen) atoms. The van der Waals surface area contributed by atoms with Gasteiger partial charge < -0.3 is 8.94 Å². The molecule has 2 N–H and O–H groups in total. The highest BCUT2D eigenvalue weighted by Gasteiger charge is 2.16. The maximum atomic E-state index is 13.5. The van der Waals surface area contributed by atoms with Crippen molar-refractivity contribution in [3.63, 3.8) is 0 Å². The van der Waals surface area contributed by atoms with Crippen molar-refractivity contribution in [1.82, 2.24) is 26.0 Å². The molecule has 3 heterocycles. The second kappa shape index (κ2) is 9.79. The zero-order valence-electron chi connectivity index (χ0n) is 19.1. The molecule has 0 saturated carbocycles. The Bertz CT molecular complexity index is 1560. The van der Waals surface area contributed by atoms with Crippen LogP contribution >= 0.6 is 0 Å². The van der Waals surface area contributed by atoms with Crippen LogP contribution in [0.5, 0.6) is 0 Å². The van der Waals surface area contributed by atoms with Crippen LogP contribution in [-0.2, 0) is 11.2 Å². The summed E-state index contributed by atoms with van der Waals surface area (Å²) in [6.45, 7) is 1.64. The number of benzene rings is 2. The fourth-order valence-electron chi connectivity index (χ4n) is 3.65. The number of para-hydroxylation sites is 1. The Kier molecular flexibility index (Phi) is 6.23. The molecule has 0 aliphatic rings. The highest BCUT2D eigenvalue weighted by atomic mass is 19.1. The van der Waals surface area contributed by atoms with E-state index in [0.29, 0.717) is 44.9 Å². The van der Waals surface area contributed by atoms with E-state index in [2.05, 4.69) is 26.0 Å². The SMILES string of the molecule is Cc1cc(-c2noc(CCC(=O)NNC(=O)c3cc(-c4ccco4)nc4ccccc34)n2)ccc1F. The minimum atomic E-state index is -0.499. The number of aryl methyl sites for hydroxylation is 2. The summed E-state index contributed by atoms with van der Waals surface area (Å²) in [6.07, 6.45) is 1.69. The average molecular weight is 485 g/mol. The van der Waals surface area contributed by atoms with E-state index in [9.17, 15) is 14.0 Å². The molecular weight excluding hydrogens is 465 g/mol.